The van der Waals surface area contributed by atoms with Crippen molar-refractivity contribution in [3.63, 3.8) is 0 Å². The van der Waals surface area contributed by atoms with E-state index in [1.54, 1.807) is 16.7 Å². The molecular weight excluding hydrogens is 438 g/mol. The zero-order chi connectivity index (χ0) is 24.4. The first-order chi connectivity index (χ1) is 17.0. The molecule has 5 rings (SSSR count). The smallest absolute Gasteiger partial charge is 0.259 e. The number of rotatable bonds is 8. The van der Waals surface area contributed by atoms with E-state index >= 15 is 0 Å². The van der Waals surface area contributed by atoms with E-state index in [9.17, 15) is 14.4 Å². The molecule has 0 bridgehead atoms. The maximum atomic E-state index is 13.7. The van der Waals surface area contributed by atoms with Gasteiger partial charge in [0.2, 0.25) is 11.8 Å². The molecule has 0 unspecified atom stereocenters. The van der Waals surface area contributed by atoms with Gasteiger partial charge >= 0.3 is 0 Å². The van der Waals surface area contributed by atoms with Crippen LogP contribution in [0.15, 0.2) is 66.7 Å². The molecule has 1 atom stereocenters. The van der Waals surface area contributed by atoms with Crippen molar-refractivity contribution in [2.45, 2.75) is 51.1 Å². The Hall–Kier alpha value is -3.67. The summed E-state index contributed by atoms with van der Waals surface area (Å²) in [5, 5.41) is 5.00. The Labute approximate surface area is 205 Å². The fourth-order valence-electron chi connectivity index (χ4n) is 5.32. The molecule has 180 valence electrons. The summed E-state index contributed by atoms with van der Waals surface area (Å²) >= 11 is 0. The molecule has 3 amide bonds. The van der Waals surface area contributed by atoms with Gasteiger partial charge < -0.3 is 10.2 Å². The summed E-state index contributed by atoms with van der Waals surface area (Å²) in [6.45, 7) is 2.10. The van der Waals surface area contributed by atoms with E-state index in [1.807, 2.05) is 66.7 Å². The first-order valence-corrected chi connectivity index (χ1v) is 12.5. The van der Waals surface area contributed by atoms with Crippen LogP contribution in [0.4, 0.5) is 5.69 Å². The maximum absolute atomic E-state index is 13.7. The van der Waals surface area contributed by atoms with E-state index in [4.69, 9.17) is 0 Å². The van der Waals surface area contributed by atoms with Crippen molar-refractivity contribution >= 4 is 34.2 Å². The summed E-state index contributed by atoms with van der Waals surface area (Å²) in [4.78, 5) is 43.2. The van der Waals surface area contributed by atoms with Gasteiger partial charge in [0.1, 0.15) is 12.6 Å². The fourth-order valence-corrected chi connectivity index (χ4v) is 5.32. The average Bonchev–Trinajstić information content (AvgIpc) is 3.48. The number of hydrogen-bond acceptors (Lipinski definition) is 3. The molecule has 1 fully saturated rings. The number of carbonyl (C=O) groups is 3. The maximum Gasteiger partial charge on any atom is 0.259 e. The molecule has 1 heterocycles. The molecule has 0 radical (unpaired) electrons. The van der Waals surface area contributed by atoms with Gasteiger partial charge in [0, 0.05) is 23.5 Å². The number of nitrogens with one attached hydrogen (secondary N) is 1. The van der Waals surface area contributed by atoms with Crippen molar-refractivity contribution in [1.29, 1.82) is 0 Å². The number of benzene rings is 3. The minimum atomic E-state index is -0.623. The summed E-state index contributed by atoms with van der Waals surface area (Å²) in [5.41, 5.74) is 2.47. The Morgan fingerprint density at radius 3 is 2.46 bits per heavy atom. The van der Waals surface area contributed by atoms with Crippen LogP contribution in [-0.4, -0.2) is 47.8 Å². The molecule has 6 nitrogen and oxygen atoms in total. The Balaban J connectivity index is 1.36. The van der Waals surface area contributed by atoms with Crippen LogP contribution in [0.25, 0.3) is 10.8 Å². The van der Waals surface area contributed by atoms with Crippen LogP contribution in [0.5, 0.6) is 0 Å². The lowest BCUT2D eigenvalue weighted by Gasteiger charge is -2.31. The Bertz CT molecular complexity index is 1250. The normalized spacial score (nSPS) is 16.0. The van der Waals surface area contributed by atoms with E-state index in [0.717, 1.165) is 47.7 Å². The number of hydrogen-bond donors (Lipinski definition) is 1. The molecule has 0 spiro atoms. The summed E-state index contributed by atoms with van der Waals surface area (Å²) in [6, 6.07) is 20.9. The quantitative estimate of drug-likeness (QED) is 0.534. The van der Waals surface area contributed by atoms with Gasteiger partial charge in [0.15, 0.2) is 0 Å². The highest BCUT2D eigenvalue weighted by atomic mass is 16.2. The lowest BCUT2D eigenvalue weighted by atomic mass is 10.1. The molecule has 1 saturated carbocycles. The van der Waals surface area contributed by atoms with Gasteiger partial charge in [-0.25, -0.2) is 0 Å². The van der Waals surface area contributed by atoms with E-state index in [2.05, 4.69) is 5.32 Å². The largest absolute Gasteiger partial charge is 0.352 e. The molecular formula is C29H31N3O3. The Morgan fingerprint density at radius 1 is 1.00 bits per heavy atom. The average molecular weight is 470 g/mol. The second-order valence-corrected chi connectivity index (χ2v) is 9.56. The van der Waals surface area contributed by atoms with Gasteiger partial charge in [-0.3, -0.25) is 19.3 Å². The molecule has 0 saturated heterocycles. The van der Waals surface area contributed by atoms with Gasteiger partial charge in [0.05, 0.1) is 5.69 Å². The summed E-state index contributed by atoms with van der Waals surface area (Å²) < 4.78 is 0. The number of amides is 3. The van der Waals surface area contributed by atoms with Crippen molar-refractivity contribution in [1.82, 2.24) is 10.2 Å². The van der Waals surface area contributed by atoms with Gasteiger partial charge in [-0.05, 0) is 49.3 Å². The van der Waals surface area contributed by atoms with Gasteiger partial charge in [-0.1, -0.05) is 67.4 Å². The SMILES string of the molecule is C[C@@H](C(=O)NC1CCCC1)N(CCc1ccccc1)C(=O)CN1C(=O)c2cccc3cccc1c23. The monoisotopic (exact) mass is 469 g/mol. The van der Waals surface area contributed by atoms with Gasteiger partial charge in [0.25, 0.3) is 5.91 Å². The third-order valence-electron chi connectivity index (χ3n) is 7.30. The molecule has 0 aromatic heterocycles. The first-order valence-electron chi connectivity index (χ1n) is 12.5. The second kappa shape index (κ2) is 9.90. The minimum Gasteiger partial charge on any atom is -0.352 e. The van der Waals surface area contributed by atoms with Crippen molar-refractivity contribution in [2.24, 2.45) is 0 Å². The fraction of sp³-hybridized carbons (Fsp3) is 0.345. The molecule has 1 N–H and O–H groups in total. The van der Waals surface area contributed by atoms with Crippen LogP contribution in [-0.2, 0) is 16.0 Å². The highest BCUT2D eigenvalue weighted by Crippen LogP contribution is 2.37. The molecule has 2 aliphatic rings. The highest BCUT2D eigenvalue weighted by Gasteiger charge is 2.34. The van der Waals surface area contributed by atoms with Crippen molar-refractivity contribution in [3.8, 4) is 0 Å². The topological polar surface area (TPSA) is 69.7 Å². The van der Waals surface area contributed by atoms with E-state index < -0.39 is 6.04 Å². The van der Waals surface area contributed by atoms with Crippen molar-refractivity contribution in [2.75, 3.05) is 18.0 Å². The Morgan fingerprint density at radius 2 is 1.71 bits per heavy atom. The number of anilines is 1. The highest BCUT2D eigenvalue weighted by molar-refractivity contribution is 6.26. The zero-order valence-electron chi connectivity index (χ0n) is 20.1. The van der Waals surface area contributed by atoms with Gasteiger partial charge in [-0.2, -0.15) is 0 Å². The van der Waals surface area contributed by atoms with Crippen LogP contribution in [0.3, 0.4) is 0 Å². The van der Waals surface area contributed by atoms with Crippen LogP contribution in [0.1, 0.15) is 48.5 Å². The lowest BCUT2D eigenvalue weighted by Crippen LogP contribution is -2.53. The molecule has 1 aliphatic carbocycles. The van der Waals surface area contributed by atoms with Crippen LogP contribution in [0.2, 0.25) is 0 Å². The van der Waals surface area contributed by atoms with Crippen molar-refractivity contribution in [3.05, 3.63) is 77.9 Å². The third-order valence-corrected chi connectivity index (χ3v) is 7.30. The molecule has 35 heavy (non-hydrogen) atoms. The summed E-state index contributed by atoms with van der Waals surface area (Å²) in [7, 11) is 0. The van der Waals surface area contributed by atoms with Crippen LogP contribution in [0, 0.1) is 0 Å². The van der Waals surface area contributed by atoms with Crippen LogP contribution >= 0.6 is 0 Å². The molecule has 6 heteroatoms. The van der Waals surface area contributed by atoms with E-state index in [1.165, 1.54) is 0 Å². The minimum absolute atomic E-state index is 0.0948. The molecule has 3 aromatic carbocycles. The lowest BCUT2D eigenvalue weighted by molar-refractivity contribution is -0.139. The summed E-state index contributed by atoms with van der Waals surface area (Å²) in [5.74, 6) is -0.527. The third kappa shape index (κ3) is 4.65. The zero-order valence-corrected chi connectivity index (χ0v) is 20.1. The second-order valence-electron chi connectivity index (χ2n) is 9.56. The molecule has 3 aromatic rings. The molecule has 1 aliphatic heterocycles. The Kier molecular flexibility index (Phi) is 6.53. The first kappa shape index (κ1) is 23.1. The van der Waals surface area contributed by atoms with Crippen LogP contribution < -0.4 is 10.2 Å². The predicted octanol–water partition coefficient (Wildman–Crippen LogP) is 4.32. The van der Waals surface area contributed by atoms with E-state index in [0.29, 0.717) is 18.5 Å². The summed E-state index contributed by atoms with van der Waals surface area (Å²) in [6.07, 6.45) is 4.86. The predicted molar refractivity (Wildman–Crippen MR) is 137 cm³/mol. The van der Waals surface area contributed by atoms with E-state index in [-0.39, 0.29) is 30.3 Å². The van der Waals surface area contributed by atoms with Gasteiger partial charge in [-0.15, -0.1) is 0 Å². The van der Waals surface area contributed by atoms with Crippen molar-refractivity contribution < 1.29 is 14.4 Å². The number of carbonyl (C=O) groups excluding carboxylic acids is 3. The standard InChI is InChI=1S/C29H31N3O3/c1-20(28(34)30-23-13-5-6-14-23)31(18-17-21-9-3-2-4-10-21)26(33)19-32-25-16-8-12-22-11-7-15-24(27(22)25)29(32)35/h2-4,7-12,15-16,20,23H,5-6,13-14,17-19H2,1H3,(H,30,34)/t20-/m0/s1. The number of nitrogens with zero attached hydrogens (tertiary/aromatic N) is 2.